The Hall–Kier alpha value is -1.17. The molecule has 2 N–H and O–H groups in total. The summed E-state index contributed by atoms with van der Waals surface area (Å²) in [6.07, 6.45) is -1.57. The van der Waals surface area contributed by atoms with Crippen molar-refractivity contribution >= 4 is 17.6 Å². The van der Waals surface area contributed by atoms with Gasteiger partial charge in [-0.25, -0.2) is 9.18 Å². The summed E-state index contributed by atoms with van der Waals surface area (Å²) in [6.45, 7) is 4.34. The van der Waals surface area contributed by atoms with Gasteiger partial charge >= 0.3 is 5.97 Å². The smallest absolute Gasteiger partial charge is 0.340 e. The van der Waals surface area contributed by atoms with Crippen molar-refractivity contribution in [2.45, 2.75) is 38.6 Å². The van der Waals surface area contributed by atoms with Gasteiger partial charge in [0, 0.05) is 5.56 Å². The lowest BCUT2D eigenvalue weighted by molar-refractivity contribution is -0.178. The van der Waals surface area contributed by atoms with Crippen LogP contribution in [-0.4, -0.2) is 28.4 Å². The van der Waals surface area contributed by atoms with Gasteiger partial charge in [0.15, 0.2) is 5.60 Å². The van der Waals surface area contributed by atoms with Crippen LogP contribution in [0.25, 0.3) is 0 Å². The van der Waals surface area contributed by atoms with Crippen LogP contribution >= 0.6 is 11.6 Å². The molecular weight excluding hydrogens is 275 g/mol. The standard InChI is InChI=1S/C13H16ClFO4/c1-7(16)8(2)19-13(3,12(17)18)10-5-4-9(15)6-11(10)14/h4-8,16H,1-3H3,(H,17,18). The Morgan fingerprint density at radius 2 is 2.05 bits per heavy atom. The molecule has 0 aliphatic heterocycles. The second-order valence-electron chi connectivity index (χ2n) is 4.53. The average molecular weight is 291 g/mol. The molecule has 3 atom stereocenters. The second kappa shape index (κ2) is 5.86. The first-order valence-electron chi connectivity index (χ1n) is 5.73. The molecule has 1 rings (SSSR count). The summed E-state index contributed by atoms with van der Waals surface area (Å²) in [5, 5.41) is 18.7. The van der Waals surface area contributed by atoms with E-state index in [2.05, 4.69) is 0 Å². The van der Waals surface area contributed by atoms with Crippen molar-refractivity contribution in [1.82, 2.24) is 0 Å². The van der Waals surface area contributed by atoms with Crippen LogP contribution in [0.2, 0.25) is 5.02 Å². The minimum Gasteiger partial charge on any atom is -0.479 e. The molecule has 0 aliphatic rings. The van der Waals surface area contributed by atoms with Crippen molar-refractivity contribution in [1.29, 1.82) is 0 Å². The van der Waals surface area contributed by atoms with Crippen LogP contribution in [0.5, 0.6) is 0 Å². The predicted molar refractivity (Wildman–Crippen MR) is 68.6 cm³/mol. The van der Waals surface area contributed by atoms with Crippen LogP contribution in [0.1, 0.15) is 26.3 Å². The molecule has 1 aromatic rings. The zero-order valence-electron chi connectivity index (χ0n) is 10.9. The molecule has 19 heavy (non-hydrogen) atoms. The molecule has 0 saturated carbocycles. The summed E-state index contributed by atoms with van der Waals surface area (Å²) in [6, 6.07) is 3.40. The molecule has 0 spiro atoms. The maximum atomic E-state index is 13.0. The number of hydrogen-bond acceptors (Lipinski definition) is 3. The van der Waals surface area contributed by atoms with Crippen molar-refractivity contribution in [2.24, 2.45) is 0 Å². The van der Waals surface area contributed by atoms with E-state index < -0.39 is 29.6 Å². The lowest BCUT2D eigenvalue weighted by atomic mass is 9.95. The Balaban J connectivity index is 3.22. The summed E-state index contributed by atoms with van der Waals surface area (Å²) >= 11 is 5.88. The van der Waals surface area contributed by atoms with Crippen molar-refractivity contribution in [3.8, 4) is 0 Å². The highest BCUT2D eigenvalue weighted by Gasteiger charge is 2.40. The third kappa shape index (κ3) is 3.43. The molecule has 106 valence electrons. The molecule has 0 aliphatic carbocycles. The van der Waals surface area contributed by atoms with Gasteiger partial charge in [0.25, 0.3) is 0 Å². The summed E-state index contributed by atoms with van der Waals surface area (Å²) in [5.41, 5.74) is -1.63. The van der Waals surface area contributed by atoms with Crippen LogP contribution in [0.4, 0.5) is 4.39 Å². The Labute approximate surface area is 115 Å². The molecular formula is C13H16ClFO4. The van der Waals surface area contributed by atoms with E-state index in [0.29, 0.717) is 0 Å². The van der Waals surface area contributed by atoms with Crippen LogP contribution < -0.4 is 0 Å². The van der Waals surface area contributed by atoms with E-state index in [0.717, 1.165) is 12.1 Å². The largest absolute Gasteiger partial charge is 0.479 e. The third-order valence-corrected chi connectivity index (χ3v) is 3.27. The number of ether oxygens (including phenoxy) is 1. The number of aliphatic carboxylic acids is 1. The van der Waals surface area contributed by atoms with Gasteiger partial charge in [0.05, 0.1) is 17.2 Å². The summed E-state index contributed by atoms with van der Waals surface area (Å²) in [5.74, 6) is -1.83. The molecule has 1 aromatic carbocycles. The van der Waals surface area contributed by atoms with Crippen molar-refractivity contribution < 1.29 is 24.1 Å². The number of carbonyl (C=O) groups is 1. The fraction of sp³-hybridized carbons (Fsp3) is 0.462. The zero-order valence-corrected chi connectivity index (χ0v) is 11.6. The minimum absolute atomic E-state index is 0.0392. The van der Waals surface area contributed by atoms with E-state index in [9.17, 15) is 19.4 Å². The van der Waals surface area contributed by atoms with Gasteiger partial charge in [0.1, 0.15) is 5.82 Å². The van der Waals surface area contributed by atoms with E-state index in [1.807, 2.05) is 0 Å². The van der Waals surface area contributed by atoms with Gasteiger partial charge in [-0.1, -0.05) is 17.7 Å². The maximum Gasteiger partial charge on any atom is 0.340 e. The highest BCUT2D eigenvalue weighted by molar-refractivity contribution is 6.31. The summed E-state index contributed by atoms with van der Waals surface area (Å²) < 4.78 is 18.4. The van der Waals surface area contributed by atoms with Crippen LogP contribution in [0.15, 0.2) is 18.2 Å². The molecule has 0 heterocycles. The maximum absolute atomic E-state index is 13.0. The summed E-state index contributed by atoms with van der Waals surface area (Å²) in [4.78, 5) is 11.5. The first kappa shape index (κ1) is 15.9. The van der Waals surface area contributed by atoms with Gasteiger partial charge < -0.3 is 14.9 Å². The topological polar surface area (TPSA) is 66.8 Å². The number of carboxylic acids is 1. The molecule has 3 unspecified atom stereocenters. The van der Waals surface area contributed by atoms with Crippen molar-refractivity contribution in [3.63, 3.8) is 0 Å². The Morgan fingerprint density at radius 3 is 2.47 bits per heavy atom. The van der Waals surface area contributed by atoms with E-state index in [1.54, 1.807) is 6.92 Å². The highest BCUT2D eigenvalue weighted by atomic mass is 35.5. The first-order valence-corrected chi connectivity index (χ1v) is 6.11. The second-order valence-corrected chi connectivity index (χ2v) is 4.93. The molecule has 4 nitrogen and oxygen atoms in total. The fourth-order valence-corrected chi connectivity index (χ4v) is 1.92. The van der Waals surface area contributed by atoms with Crippen molar-refractivity contribution in [2.75, 3.05) is 0 Å². The monoisotopic (exact) mass is 290 g/mol. The quantitative estimate of drug-likeness (QED) is 0.874. The number of benzene rings is 1. The van der Waals surface area contributed by atoms with Gasteiger partial charge in [-0.3, -0.25) is 0 Å². The zero-order chi connectivity index (χ0) is 14.8. The van der Waals surface area contributed by atoms with E-state index in [4.69, 9.17) is 16.3 Å². The number of aliphatic hydroxyl groups excluding tert-OH is 1. The van der Waals surface area contributed by atoms with E-state index >= 15 is 0 Å². The average Bonchev–Trinajstić information content (AvgIpc) is 2.27. The van der Waals surface area contributed by atoms with E-state index in [-0.39, 0.29) is 10.6 Å². The molecule has 6 heteroatoms. The Kier molecular flexibility index (Phi) is 4.90. The van der Waals surface area contributed by atoms with Gasteiger partial charge in [0.2, 0.25) is 0 Å². The fourth-order valence-electron chi connectivity index (χ4n) is 1.58. The predicted octanol–water partition coefficient (Wildman–Crippen LogP) is 2.56. The van der Waals surface area contributed by atoms with Crippen LogP contribution in [0, 0.1) is 5.82 Å². The SMILES string of the molecule is CC(O)C(C)OC(C)(C(=O)O)c1ccc(F)cc1Cl. The lowest BCUT2D eigenvalue weighted by Crippen LogP contribution is -2.41. The Bertz CT molecular complexity index is 478. The molecule has 0 bridgehead atoms. The minimum atomic E-state index is -1.76. The van der Waals surface area contributed by atoms with Gasteiger partial charge in [-0.15, -0.1) is 0 Å². The number of carboxylic acid groups (broad SMARTS) is 1. The van der Waals surface area contributed by atoms with Crippen LogP contribution in [-0.2, 0) is 15.1 Å². The Morgan fingerprint density at radius 1 is 1.47 bits per heavy atom. The van der Waals surface area contributed by atoms with E-state index in [1.165, 1.54) is 19.9 Å². The molecule has 0 fully saturated rings. The van der Waals surface area contributed by atoms with Gasteiger partial charge in [-0.2, -0.15) is 0 Å². The number of rotatable bonds is 5. The highest BCUT2D eigenvalue weighted by Crippen LogP contribution is 2.33. The molecule has 0 saturated heterocycles. The third-order valence-electron chi connectivity index (χ3n) is 2.95. The first-order chi connectivity index (χ1) is 8.68. The summed E-state index contributed by atoms with van der Waals surface area (Å²) in [7, 11) is 0. The number of halogens is 2. The number of aliphatic hydroxyl groups is 1. The molecule has 0 amide bonds. The lowest BCUT2D eigenvalue weighted by Gasteiger charge is -2.31. The molecule has 0 radical (unpaired) electrons. The molecule has 0 aromatic heterocycles. The number of hydrogen-bond donors (Lipinski definition) is 2. The normalized spacial score (nSPS) is 17.6. The van der Waals surface area contributed by atoms with Crippen LogP contribution in [0.3, 0.4) is 0 Å². The van der Waals surface area contributed by atoms with Crippen molar-refractivity contribution in [3.05, 3.63) is 34.6 Å². The van der Waals surface area contributed by atoms with Gasteiger partial charge in [-0.05, 0) is 32.9 Å².